The van der Waals surface area contributed by atoms with Crippen LogP contribution in [0.25, 0.3) is 5.52 Å². The molecular weight excluding hydrogens is 160 g/mol. The van der Waals surface area contributed by atoms with Crippen LogP contribution < -0.4 is 0 Å². The Bertz CT molecular complexity index is 415. The average Bonchev–Trinajstić information content (AvgIpc) is 2.63. The molecule has 0 bridgehead atoms. The third-order valence-corrected chi connectivity index (χ3v) is 2.45. The van der Waals surface area contributed by atoms with Crippen molar-refractivity contribution in [2.75, 3.05) is 0 Å². The monoisotopic (exact) mass is 174 g/mol. The van der Waals surface area contributed by atoms with Crippen molar-refractivity contribution in [1.29, 1.82) is 0 Å². The number of nitrogens with zero attached hydrogens (tertiary/aromatic N) is 2. The second kappa shape index (κ2) is 3.21. The Morgan fingerprint density at radius 3 is 2.85 bits per heavy atom. The fourth-order valence-electron chi connectivity index (χ4n) is 1.65. The molecule has 0 unspecified atom stereocenters. The van der Waals surface area contributed by atoms with Gasteiger partial charge in [-0.3, -0.25) is 0 Å². The van der Waals surface area contributed by atoms with Crippen molar-refractivity contribution in [3.8, 4) is 0 Å². The first kappa shape index (κ1) is 8.30. The Kier molecular flexibility index (Phi) is 2.05. The zero-order valence-corrected chi connectivity index (χ0v) is 8.12. The molecule has 0 amide bonds. The van der Waals surface area contributed by atoms with Crippen molar-refractivity contribution >= 4 is 5.52 Å². The lowest BCUT2D eigenvalue weighted by molar-refractivity contribution is 1.03. The second-order valence-electron chi connectivity index (χ2n) is 3.27. The van der Waals surface area contributed by atoms with Gasteiger partial charge in [-0.25, -0.2) is 4.98 Å². The number of aromatic nitrogens is 2. The van der Waals surface area contributed by atoms with E-state index < -0.39 is 0 Å². The molecule has 0 atom stereocenters. The summed E-state index contributed by atoms with van der Waals surface area (Å²) >= 11 is 0. The molecule has 2 aromatic heterocycles. The molecule has 0 fully saturated rings. The summed E-state index contributed by atoms with van der Waals surface area (Å²) in [6.45, 7) is 4.36. The van der Waals surface area contributed by atoms with Gasteiger partial charge in [0, 0.05) is 6.20 Å². The van der Waals surface area contributed by atoms with Crippen molar-refractivity contribution in [2.24, 2.45) is 0 Å². The third kappa shape index (κ3) is 1.32. The Labute approximate surface area is 78.2 Å². The molecule has 0 N–H and O–H groups in total. The average molecular weight is 174 g/mol. The van der Waals surface area contributed by atoms with Gasteiger partial charge in [0.1, 0.15) is 0 Å². The molecule has 0 spiro atoms. The van der Waals surface area contributed by atoms with E-state index >= 15 is 0 Å². The summed E-state index contributed by atoms with van der Waals surface area (Å²) in [4.78, 5) is 4.15. The quantitative estimate of drug-likeness (QED) is 0.683. The number of imidazole rings is 1. The summed E-state index contributed by atoms with van der Waals surface area (Å²) < 4.78 is 2.11. The van der Waals surface area contributed by atoms with Crippen LogP contribution in [0.4, 0.5) is 0 Å². The van der Waals surface area contributed by atoms with Crippen LogP contribution in [0.15, 0.2) is 24.8 Å². The summed E-state index contributed by atoms with van der Waals surface area (Å²) in [6.07, 6.45) is 8.11. The minimum atomic E-state index is 1.07. The molecule has 0 aliphatic carbocycles. The SMILES string of the molecule is CCc1cc(CC)c2cncn2c1. The number of pyridine rings is 1. The van der Waals surface area contributed by atoms with Crippen LogP contribution in [-0.4, -0.2) is 9.38 Å². The predicted molar refractivity (Wildman–Crippen MR) is 53.9 cm³/mol. The molecule has 0 aromatic carbocycles. The highest BCUT2D eigenvalue weighted by atomic mass is 15.0. The van der Waals surface area contributed by atoms with Gasteiger partial charge < -0.3 is 4.40 Å². The van der Waals surface area contributed by atoms with Crippen molar-refractivity contribution in [3.63, 3.8) is 0 Å². The number of rotatable bonds is 2. The summed E-state index contributed by atoms with van der Waals surface area (Å²) in [7, 11) is 0. The molecule has 0 aliphatic rings. The Balaban J connectivity index is 2.70. The van der Waals surface area contributed by atoms with Gasteiger partial charge in [-0.15, -0.1) is 0 Å². The highest BCUT2D eigenvalue weighted by Gasteiger charge is 2.01. The highest BCUT2D eigenvalue weighted by Crippen LogP contribution is 2.14. The van der Waals surface area contributed by atoms with E-state index in [4.69, 9.17) is 0 Å². The normalized spacial score (nSPS) is 10.9. The van der Waals surface area contributed by atoms with Crippen molar-refractivity contribution in [2.45, 2.75) is 26.7 Å². The van der Waals surface area contributed by atoms with Gasteiger partial charge in [-0.1, -0.05) is 19.9 Å². The van der Waals surface area contributed by atoms with Gasteiger partial charge in [0.05, 0.1) is 18.0 Å². The summed E-state index contributed by atoms with van der Waals surface area (Å²) in [5, 5.41) is 0. The fraction of sp³-hybridized carbons (Fsp3) is 0.364. The maximum absolute atomic E-state index is 4.15. The summed E-state index contributed by atoms with van der Waals surface area (Å²) in [5.41, 5.74) is 4.00. The summed E-state index contributed by atoms with van der Waals surface area (Å²) in [6, 6.07) is 2.27. The van der Waals surface area contributed by atoms with Crippen molar-refractivity contribution in [3.05, 3.63) is 35.9 Å². The van der Waals surface area contributed by atoms with E-state index in [1.165, 1.54) is 16.6 Å². The van der Waals surface area contributed by atoms with Gasteiger partial charge in [0.2, 0.25) is 0 Å². The maximum atomic E-state index is 4.15. The van der Waals surface area contributed by atoms with E-state index in [9.17, 15) is 0 Å². The maximum Gasteiger partial charge on any atom is 0.0992 e. The van der Waals surface area contributed by atoms with Crippen LogP contribution in [-0.2, 0) is 12.8 Å². The van der Waals surface area contributed by atoms with Crippen LogP contribution in [0, 0.1) is 0 Å². The number of hydrogen-bond acceptors (Lipinski definition) is 1. The lowest BCUT2D eigenvalue weighted by atomic mass is 10.1. The van der Waals surface area contributed by atoms with Gasteiger partial charge in [0.15, 0.2) is 0 Å². The van der Waals surface area contributed by atoms with E-state index in [1.54, 1.807) is 0 Å². The molecule has 0 saturated heterocycles. The van der Waals surface area contributed by atoms with Crippen LogP contribution in [0.5, 0.6) is 0 Å². The van der Waals surface area contributed by atoms with Gasteiger partial charge in [-0.2, -0.15) is 0 Å². The smallest absolute Gasteiger partial charge is 0.0992 e. The molecule has 2 heterocycles. The summed E-state index contributed by atoms with van der Waals surface area (Å²) in [5.74, 6) is 0. The molecule has 13 heavy (non-hydrogen) atoms. The number of hydrogen-bond donors (Lipinski definition) is 0. The van der Waals surface area contributed by atoms with Crippen LogP contribution in [0.2, 0.25) is 0 Å². The van der Waals surface area contributed by atoms with Gasteiger partial charge in [0.25, 0.3) is 0 Å². The van der Waals surface area contributed by atoms with Gasteiger partial charge in [-0.05, 0) is 24.0 Å². The molecule has 68 valence electrons. The van der Waals surface area contributed by atoms with E-state index in [0.717, 1.165) is 12.8 Å². The standard InChI is InChI=1S/C11H14N2/c1-3-9-5-10(4-2)11-6-12-8-13(11)7-9/h5-8H,3-4H2,1-2H3. The Hall–Kier alpha value is -1.31. The van der Waals surface area contributed by atoms with E-state index in [-0.39, 0.29) is 0 Å². The first-order valence-corrected chi connectivity index (χ1v) is 4.78. The minimum absolute atomic E-state index is 1.07. The molecule has 0 aliphatic heterocycles. The van der Waals surface area contributed by atoms with Crippen LogP contribution >= 0.6 is 0 Å². The zero-order valence-electron chi connectivity index (χ0n) is 8.12. The topological polar surface area (TPSA) is 17.3 Å². The van der Waals surface area contributed by atoms with E-state index in [1.807, 2.05) is 12.5 Å². The van der Waals surface area contributed by atoms with Crippen LogP contribution in [0.1, 0.15) is 25.0 Å². The lowest BCUT2D eigenvalue weighted by Crippen LogP contribution is -1.93. The highest BCUT2D eigenvalue weighted by molar-refractivity contribution is 5.54. The largest absolute Gasteiger partial charge is 0.306 e. The predicted octanol–water partition coefficient (Wildman–Crippen LogP) is 2.46. The molecule has 2 nitrogen and oxygen atoms in total. The third-order valence-electron chi connectivity index (χ3n) is 2.45. The van der Waals surface area contributed by atoms with Crippen molar-refractivity contribution < 1.29 is 0 Å². The molecule has 0 saturated carbocycles. The molecular formula is C11H14N2. The minimum Gasteiger partial charge on any atom is -0.306 e. The van der Waals surface area contributed by atoms with Crippen LogP contribution in [0.3, 0.4) is 0 Å². The first-order chi connectivity index (χ1) is 6.35. The van der Waals surface area contributed by atoms with E-state index in [2.05, 4.69) is 35.5 Å². The second-order valence-corrected chi connectivity index (χ2v) is 3.27. The lowest BCUT2D eigenvalue weighted by Gasteiger charge is -2.04. The number of fused-ring (bicyclic) bond motifs is 1. The van der Waals surface area contributed by atoms with Gasteiger partial charge >= 0.3 is 0 Å². The van der Waals surface area contributed by atoms with Crippen molar-refractivity contribution in [1.82, 2.24) is 9.38 Å². The zero-order chi connectivity index (χ0) is 9.26. The Morgan fingerprint density at radius 1 is 1.31 bits per heavy atom. The molecule has 2 heteroatoms. The number of aryl methyl sites for hydroxylation is 2. The molecule has 2 rings (SSSR count). The molecule has 0 radical (unpaired) electrons. The fourth-order valence-corrected chi connectivity index (χ4v) is 1.65. The first-order valence-electron chi connectivity index (χ1n) is 4.78. The molecule has 2 aromatic rings. The Morgan fingerprint density at radius 2 is 2.15 bits per heavy atom. The van der Waals surface area contributed by atoms with E-state index in [0.29, 0.717) is 0 Å².